The maximum atomic E-state index is 13.1. The highest BCUT2D eigenvalue weighted by molar-refractivity contribution is 5.95. The fourth-order valence-electron chi connectivity index (χ4n) is 4.52. The van der Waals surface area contributed by atoms with E-state index >= 15 is 0 Å². The highest BCUT2D eigenvalue weighted by Gasteiger charge is 2.36. The molecule has 1 amide bonds. The number of carbonyl (C=O) groups is 2. The Morgan fingerprint density at radius 1 is 1.18 bits per heavy atom. The summed E-state index contributed by atoms with van der Waals surface area (Å²) in [6.45, 7) is 9.31. The lowest BCUT2D eigenvalue weighted by atomic mass is 9.86. The number of aromatic nitrogens is 1. The Kier molecular flexibility index (Phi) is 6.67. The predicted molar refractivity (Wildman–Crippen MR) is 107 cm³/mol. The molecule has 0 saturated carbocycles. The minimum atomic E-state index is -0.765. The maximum Gasteiger partial charge on any atom is 0.303 e. The van der Waals surface area contributed by atoms with Crippen molar-refractivity contribution in [3.63, 3.8) is 0 Å². The number of hydrogen-bond donors (Lipinski definition) is 1. The van der Waals surface area contributed by atoms with Gasteiger partial charge in [0.25, 0.3) is 5.91 Å². The molecule has 1 aromatic heterocycles. The molecule has 2 aliphatic rings. The fourth-order valence-corrected chi connectivity index (χ4v) is 4.52. The van der Waals surface area contributed by atoms with Gasteiger partial charge in [-0.2, -0.15) is 0 Å². The molecule has 7 heteroatoms. The molecule has 0 aliphatic carbocycles. The molecular formula is C21H32N4O3. The van der Waals surface area contributed by atoms with E-state index in [9.17, 15) is 14.7 Å². The molecule has 0 aromatic carbocycles. The number of piperazine rings is 1. The zero-order chi connectivity index (χ0) is 20.3. The van der Waals surface area contributed by atoms with E-state index in [1.807, 2.05) is 24.8 Å². The van der Waals surface area contributed by atoms with Gasteiger partial charge in [0.15, 0.2) is 0 Å². The smallest absolute Gasteiger partial charge is 0.303 e. The van der Waals surface area contributed by atoms with Crippen LogP contribution in [0.15, 0.2) is 12.3 Å². The van der Waals surface area contributed by atoms with Crippen molar-refractivity contribution in [1.82, 2.24) is 19.7 Å². The van der Waals surface area contributed by atoms with Crippen molar-refractivity contribution in [2.45, 2.75) is 39.2 Å². The molecule has 0 bridgehead atoms. The van der Waals surface area contributed by atoms with E-state index in [1.165, 1.54) is 0 Å². The lowest BCUT2D eigenvalue weighted by Gasteiger charge is -2.46. The first-order valence-electron chi connectivity index (χ1n) is 10.2. The van der Waals surface area contributed by atoms with Crippen molar-refractivity contribution < 1.29 is 14.7 Å². The highest BCUT2D eigenvalue weighted by Crippen LogP contribution is 2.28. The van der Waals surface area contributed by atoms with Crippen molar-refractivity contribution in [3.05, 3.63) is 29.1 Å². The summed E-state index contributed by atoms with van der Waals surface area (Å²) in [5.41, 5.74) is 2.50. The van der Waals surface area contributed by atoms with E-state index in [1.54, 1.807) is 6.20 Å². The zero-order valence-corrected chi connectivity index (χ0v) is 17.2. The molecule has 1 N–H and O–H groups in total. The predicted octanol–water partition coefficient (Wildman–Crippen LogP) is 1.64. The molecule has 1 aromatic rings. The first-order valence-corrected chi connectivity index (χ1v) is 10.2. The lowest BCUT2D eigenvalue weighted by Crippen LogP contribution is -2.57. The monoisotopic (exact) mass is 388 g/mol. The van der Waals surface area contributed by atoms with Gasteiger partial charge in [-0.15, -0.1) is 0 Å². The summed E-state index contributed by atoms with van der Waals surface area (Å²) in [4.78, 5) is 35.3. The summed E-state index contributed by atoms with van der Waals surface area (Å²) in [6.07, 6.45) is 3.34. The van der Waals surface area contributed by atoms with Crippen molar-refractivity contribution in [1.29, 1.82) is 0 Å². The minimum absolute atomic E-state index is 0.0159. The number of aryl methyl sites for hydroxylation is 2. The van der Waals surface area contributed by atoms with Crippen molar-refractivity contribution in [2.24, 2.45) is 5.92 Å². The molecule has 0 spiro atoms. The third-order valence-corrected chi connectivity index (χ3v) is 6.19. The van der Waals surface area contributed by atoms with Crippen molar-refractivity contribution in [2.75, 3.05) is 46.3 Å². The molecule has 28 heavy (non-hydrogen) atoms. The Labute approximate surface area is 167 Å². The molecule has 154 valence electrons. The molecule has 0 radical (unpaired) electrons. The van der Waals surface area contributed by atoms with E-state index in [2.05, 4.69) is 21.8 Å². The van der Waals surface area contributed by atoms with Gasteiger partial charge in [0.2, 0.25) is 0 Å². The molecule has 3 rings (SSSR count). The molecule has 2 saturated heterocycles. The van der Waals surface area contributed by atoms with Gasteiger partial charge in [-0.3, -0.25) is 19.5 Å². The van der Waals surface area contributed by atoms with Crippen molar-refractivity contribution in [3.8, 4) is 0 Å². The standard InChI is InChI=1S/C21H32N4O3/c1-15-12-16(2)22-13-18(15)21(28)25-7-6-19(17(14-25)4-5-20(26)27)24-10-8-23(3)9-11-24/h12-13,17,19H,4-11,14H2,1-3H3,(H,26,27)/t17-,19+/m1/s1. The second-order valence-electron chi connectivity index (χ2n) is 8.28. The number of amides is 1. The van der Waals surface area contributed by atoms with Gasteiger partial charge in [-0.05, 0) is 51.3 Å². The van der Waals surface area contributed by atoms with E-state index in [-0.39, 0.29) is 18.2 Å². The summed E-state index contributed by atoms with van der Waals surface area (Å²) in [5, 5.41) is 9.18. The van der Waals surface area contributed by atoms with E-state index in [4.69, 9.17) is 0 Å². The van der Waals surface area contributed by atoms with E-state index < -0.39 is 5.97 Å². The molecule has 2 atom stereocenters. The molecule has 0 unspecified atom stereocenters. The number of carboxylic acid groups (broad SMARTS) is 1. The van der Waals surface area contributed by atoms with Gasteiger partial charge < -0.3 is 14.9 Å². The Morgan fingerprint density at radius 3 is 2.54 bits per heavy atom. The largest absolute Gasteiger partial charge is 0.481 e. The van der Waals surface area contributed by atoms with Crippen LogP contribution in [0, 0.1) is 19.8 Å². The normalized spacial score (nSPS) is 24.3. The maximum absolute atomic E-state index is 13.1. The summed E-state index contributed by atoms with van der Waals surface area (Å²) in [7, 11) is 2.14. The van der Waals surface area contributed by atoms with Crippen LogP contribution in [0.3, 0.4) is 0 Å². The van der Waals surface area contributed by atoms with Crippen LogP contribution in [0.4, 0.5) is 0 Å². The van der Waals surface area contributed by atoms with E-state index in [0.717, 1.165) is 43.9 Å². The second kappa shape index (κ2) is 9.01. The number of carbonyl (C=O) groups excluding carboxylic acids is 1. The van der Waals surface area contributed by atoms with Crippen molar-refractivity contribution >= 4 is 11.9 Å². The molecule has 2 aliphatic heterocycles. The van der Waals surface area contributed by atoms with Gasteiger partial charge in [-0.1, -0.05) is 0 Å². The minimum Gasteiger partial charge on any atom is -0.481 e. The summed E-state index contributed by atoms with van der Waals surface area (Å²) >= 11 is 0. The van der Waals surface area contributed by atoms with Crippen LogP contribution in [0.2, 0.25) is 0 Å². The number of likely N-dealkylation sites (N-methyl/N-ethyl adjacent to an activating group) is 1. The average Bonchev–Trinajstić information content (AvgIpc) is 2.66. The SMILES string of the molecule is Cc1cc(C)c(C(=O)N2CC[C@H](N3CCN(C)CC3)[C@H](CCC(=O)O)C2)cn1. The van der Waals surface area contributed by atoms with Crippen LogP contribution in [0.5, 0.6) is 0 Å². The number of aliphatic carboxylic acids is 1. The fraction of sp³-hybridized carbons (Fsp3) is 0.667. The van der Waals surface area contributed by atoms with E-state index in [0.29, 0.717) is 31.1 Å². The van der Waals surface area contributed by atoms with Crippen LogP contribution in [-0.2, 0) is 4.79 Å². The first kappa shape index (κ1) is 20.7. The Bertz CT molecular complexity index is 716. The Hall–Kier alpha value is -1.99. The molecule has 7 nitrogen and oxygen atoms in total. The number of rotatable bonds is 5. The van der Waals surface area contributed by atoms with Crippen LogP contribution >= 0.6 is 0 Å². The van der Waals surface area contributed by atoms with Crippen LogP contribution in [0.1, 0.15) is 40.9 Å². The second-order valence-corrected chi connectivity index (χ2v) is 8.28. The summed E-state index contributed by atoms with van der Waals surface area (Å²) in [5.74, 6) is -0.558. The number of likely N-dealkylation sites (tertiary alicyclic amines) is 1. The third kappa shape index (κ3) is 4.89. The van der Waals surface area contributed by atoms with Gasteiger partial charge in [-0.25, -0.2) is 0 Å². The van der Waals surface area contributed by atoms with Gasteiger partial charge in [0.1, 0.15) is 0 Å². The third-order valence-electron chi connectivity index (χ3n) is 6.19. The number of carboxylic acids is 1. The Morgan fingerprint density at radius 2 is 1.89 bits per heavy atom. The van der Waals surface area contributed by atoms with Crippen LogP contribution in [0.25, 0.3) is 0 Å². The molecular weight excluding hydrogens is 356 g/mol. The highest BCUT2D eigenvalue weighted by atomic mass is 16.4. The topological polar surface area (TPSA) is 77.0 Å². The van der Waals surface area contributed by atoms with Gasteiger partial charge in [0.05, 0.1) is 5.56 Å². The number of nitrogens with zero attached hydrogens (tertiary/aromatic N) is 4. The summed E-state index contributed by atoms with van der Waals surface area (Å²) < 4.78 is 0. The Balaban J connectivity index is 1.72. The average molecular weight is 389 g/mol. The van der Waals surface area contributed by atoms with Gasteiger partial charge in [0, 0.05) is 63.6 Å². The van der Waals surface area contributed by atoms with Crippen LogP contribution < -0.4 is 0 Å². The molecule has 2 fully saturated rings. The van der Waals surface area contributed by atoms with Gasteiger partial charge >= 0.3 is 5.97 Å². The lowest BCUT2D eigenvalue weighted by molar-refractivity contribution is -0.137. The quantitative estimate of drug-likeness (QED) is 0.826. The zero-order valence-electron chi connectivity index (χ0n) is 17.2. The van der Waals surface area contributed by atoms with Crippen LogP contribution in [-0.4, -0.2) is 89.0 Å². The number of hydrogen-bond acceptors (Lipinski definition) is 5. The first-order chi connectivity index (χ1) is 13.3. The number of pyridine rings is 1. The summed E-state index contributed by atoms with van der Waals surface area (Å²) in [6, 6.07) is 2.29. The number of piperidine rings is 1. The molecule has 3 heterocycles.